The molecule has 300 valence electrons. The zero-order chi connectivity index (χ0) is 42.6. The maximum atomic E-state index is 5.34. The van der Waals surface area contributed by atoms with Crippen LogP contribution in [0, 0.1) is 0 Å². The van der Waals surface area contributed by atoms with E-state index in [1.807, 2.05) is 0 Å². The van der Waals surface area contributed by atoms with Gasteiger partial charge in [-0.1, -0.05) is 170 Å². The van der Waals surface area contributed by atoms with E-state index in [-0.39, 0.29) is 0 Å². The maximum absolute atomic E-state index is 5.34. The van der Waals surface area contributed by atoms with Gasteiger partial charge in [-0.25, -0.2) is 9.97 Å². The van der Waals surface area contributed by atoms with Gasteiger partial charge in [0.2, 0.25) is 0 Å². The molecule has 0 atom stereocenters. The average molecular weight is 841 g/mol. The fourth-order valence-electron chi connectivity index (χ4n) is 10.5. The molecule has 0 saturated heterocycles. The Morgan fingerprint density at radius 2 is 0.585 bits per heavy atom. The quantitative estimate of drug-likeness (QED) is 0.165. The number of thiophene rings is 1. The topological polar surface area (TPSA) is 25.8 Å². The second-order valence-corrected chi connectivity index (χ2v) is 18.3. The lowest BCUT2D eigenvalue weighted by molar-refractivity contribution is 1.43. The molecule has 3 heteroatoms. The van der Waals surface area contributed by atoms with Crippen LogP contribution in [-0.4, -0.2) is 9.97 Å². The van der Waals surface area contributed by atoms with Crippen molar-refractivity contribution in [3.8, 4) is 44.5 Å². The van der Waals surface area contributed by atoms with Crippen molar-refractivity contribution < 1.29 is 0 Å². The highest BCUT2D eigenvalue weighted by Gasteiger charge is 2.15. The lowest BCUT2D eigenvalue weighted by atomic mass is 9.91. The fraction of sp³-hybridized carbons (Fsp3) is 0. The highest BCUT2D eigenvalue weighted by molar-refractivity contribution is 7.25. The molecule has 0 aliphatic heterocycles. The summed E-state index contributed by atoms with van der Waals surface area (Å²) in [6.45, 7) is 0. The molecule has 2 heterocycles. The Morgan fingerprint density at radius 3 is 1.05 bits per heavy atom. The summed E-state index contributed by atoms with van der Waals surface area (Å²) in [6.07, 6.45) is 0. The SMILES string of the molecule is c1cc(-c2ccc3nc4sc5ccc(-c6cccc(-c7ccc8c9ccccc9c9ccccc9c8c7)c6)cc5c4nc3c2)cc(-c2ccc3c4ccccc4c4ccccc4c3c2)c1. The number of rotatable bonds is 4. The van der Waals surface area contributed by atoms with Crippen LogP contribution in [0.25, 0.3) is 141 Å². The molecule has 14 rings (SSSR count). The summed E-state index contributed by atoms with van der Waals surface area (Å²) in [4.78, 5) is 11.5. The molecular weight excluding hydrogens is 805 g/mol. The van der Waals surface area contributed by atoms with Crippen LogP contribution >= 0.6 is 11.3 Å². The molecule has 0 unspecified atom stereocenters. The molecule has 0 saturated carbocycles. The number of benzene rings is 12. The molecule has 2 aromatic heterocycles. The highest BCUT2D eigenvalue weighted by atomic mass is 32.1. The summed E-state index contributed by atoms with van der Waals surface area (Å²) in [7, 11) is 0. The first-order chi connectivity index (χ1) is 32.2. The van der Waals surface area contributed by atoms with Crippen molar-refractivity contribution in [2.24, 2.45) is 0 Å². The summed E-state index contributed by atoms with van der Waals surface area (Å²) in [5, 5.41) is 16.6. The lowest BCUT2D eigenvalue weighted by Gasteiger charge is -2.12. The van der Waals surface area contributed by atoms with Crippen molar-refractivity contribution in [3.63, 3.8) is 0 Å². The zero-order valence-electron chi connectivity index (χ0n) is 35.1. The van der Waals surface area contributed by atoms with E-state index < -0.39 is 0 Å². The summed E-state index contributed by atoms with van der Waals surface area (Å²) >= 11 is 1.71. The van der Waals surface area contributed by atoms with Crippen LogP contribution in [0.1, 0.15) is 0 Å². The van der Waals surface area contributed by atoms with Crippen LogP contribution in [0.3, 0.4) is 0 Å². The van der Waals surface area contributed by atoms with Crippen LogP contribution in [0.4, 0.5) is 0 Å². The van der Waals surface area contributed by atoms with Crippen molar-refractivity contribution in [3.05, 3.63) is 218 Å². The molecular formula is C62H36N2S. The molecule has 0 aliphatic rings. The van der Waals surface area contributed by atoms with Gasteiger partial charge in [-0.3, -0.25) is 0 Å². The van der Waals surface area contributed by atoms with Gasteiger partial charge in [0.15, 0.2) is 0 Å². The van der Waals surface area contributed by atoms with Crippen LogP contribution in [0.5, 0.6) is 0 Å². The van der Waals surface area contributed by atoms with E-state index in [9.17, 15) is 0 Å². The van der Waals surface area contributed by atoms with Crippen molar-refractivity contribution in [1.29, 1.82) is 0 Å². The first-order valence-corrected chi connectivity index (χ1v) is 23.0. The van der Waals surface area contributed by atoms with Crippen LogP contribution in [0.2, 0.25) is 0 Å². The molecule has 0 N–H and O–H groups in total. The van der Waals surface area contributed by atoms with Gasteiger partial charge in [0.05, 0.1) is 11.0 Å². The Kier molecular flexibility index (Phi) is 7.89. The van der Waals surface area contributed by atoms with E-state index in [0.29, 0.717) is 0 Å². The van der Waals surface area contributed by atoms with Crippen molar-refractivity contribution in [2.75, 3.05) is 0 Å². The van der Waals surface area contributed by atoms with Crippen molar-refractivity contribution >= 4 is 107 Å². The van der Waals surface area contributed by atoms with Gasteiger partial charge in [-0.2, -0.15) is 0 Å². The standard InChI is InChI=1S/C62H36N2S/c1-3-19-49-45(15-1)47-17-5-7-21-51(47)55-33-41(23-27-53(49)55)37-11-9-13-39(31-37)43-26-30-60-57(35-43)61-62(65-60)64-58-29-25-44(36-59(58)63-61)40-14-10-12-38(32-40)42-24-28-54-50-20-4-2-16-46(50)48-18-6-8-22-52(48)56(54)34-42/h1-36H. The second kappa shape index (κ2) is 14.1. The van der Waals surface area contributed by atoms with Gasteiger partial charge in [-0.05, 0) is 158 Å². The number of fused-ring (bicyclic) bond motifs is 16. The van der Waals surface area contributed by atoms with Gasteiger partial charge in [0, 0.05) is 10.1 Å². The van der Waals surface area contributed by atoms with E-state index in [2.05, 4.69) is 218 Å². The minimum Gasteiger partial charge on any atom is -0.243 e. The molecule has 14 aromatic rings. The Balaban J connectivity index is 0.829. The lowest BCUT2D eigenvalue weighted by Crippen LogP contribution is -1.88. The zero-order valence-corrected chi connectivity index (χ0v) is 35.9. The Labute approximate surface area is 378 Å². The third-order valence-electron chi connectivity index (χ3n) is 13.6. The summed E-state index contributed by atoms with van der Waals surface area (Å²) in [5.74, 6) is 0. The van der Waals surface area contributed by atoms with E-state index >= 15 is 0 Å². The molecule has 2 nitrogen and oxygen atoms in total. The van der Waals surface area contributed by atoms with Crippen LogP contribution < -0.4 is 0 Å². The summed E-state index contributed by atoms with van der Waals surface area (Å²) in [5.41, 5.74) is 12.2. The minimum atomic E-state index is 0.896. The maximum Gasteiger partial charge on any atom is 0.143 e. The first-order valence-electron chi connectivity index (χ1n) is 22.2. The van der Waals surface area contributed by atoms with Gasteiger partial charge in [0.25, 0.3) is 0 Å². The van der Waals surface area contributed by atoms with E-state index in [1.54, 1.807) is 11.3 Å². The predicted molar refractivity (Wildman–Crippen MR) is 279 cm³/mol. The normalized spacial score (nSPS) is 12.0. The Morgan fingerprint density at radius 1 is 0.231 bits per heavy atom. The van der Waals surface area contributed by atoms with Gasteiger partial charge in [-0.15, -0.1) is 11.3 Å². The number of nitrogens with zero attached hydrogens (tertiary/aromatic N) is 2. The molecule has 0 aliphatic carbocycles. The number of hydrogen-bond donors (Lipinski definition) is 0. The van der Waals surface area contributed by atoms with E-state index in [4.69, 9.17) is 9.97 Å². The molecule has 0 radical (unpaired) electrons. The largest absolute Gasteiger partial charge is 0.243 e. The fourth-order valence-corrected chi connectivity index (χ4v) is 11.5. The molecule has 65 heavy (non-hydrogen) atoms. The monoisotopic (exact) mass is 840 g/mol. The predicted octanol–water partition coefficient (Wildman–Crippen LogP) is 17.6. The molecule has 12 aromatic carbocycles. The third-order valence-corrected chi connectivity index (χ3v) is 14.7. The van der Waals surface area contributed by atoms with Crippen molar-refractivity contribution in [2.45, 2.75) is 0 Å². The summed E-state index contributed by atoms with van der Waals surface area (Å²) in [6, 6.07) is 80.1. The summed E-state index contributed by atoms with van der Waals surface area (Å²) < 4.78 is 1.19. The number of aromatic nitrogens is 2. The highest BCUT2D eigenvalue weighted by Crippen LogP contribution is 2.41. The minimum absolute atomic E-state index is 0.896. The van der Waals surface area contributed by atoms with E-state index in [1.165, 1.54) is 103 Å². The van der Waals surface area contributed by atoms with Gasteiger partial charge < -0.3 is 0 Å². The van der Waals surface area contributed by atoms with Gasteiger partial charge in [0.1, 0.15) is 10.3 Å². The Bertz CT molecular complexity index is 4240. The molecule has 0 fully saturated rings. The van der Waals surface area contributed by atoms with Gasteiger partial charge >= 0.3 is 0 Å². The average Bonchev–Trinajstić information content (AvgIpc) is 3.74. The molecule has 0 spiro atoms. The van der Waals surface area contributed by atoms with Crippen LogP contribution in [-0.2, 0) is 0 Å². The molecule has 0 bridgehead atoms. The molecule has 0 amide bonds. The Hall–Kier alpha value is -8.24. The smallest absolute Gasteiger partial charge is 0.143 e. The van der Waals surface area contributed by atoms with E-state index in [0.717, 1.165) is 37.9 Å². The van der Waals surface area contributed by atoms with Crippen LogP contribution in [0.15, 0.2) is 218 Å². The number of hydrogen-bond acceptors (Lipinski definition) is 3. The second-order valence-electron chi connectivity index (χ2n) is 17.3. The first kappa shape index (κ1) is 36.3. The third kappa shape index (κ3) is 5.73. The van der Waals surface area contributed by atoms with Crippen molar-refractivity contribution in [1.82, 2.24) is 9.97 Å².